The van der Waals surface area contributed by atoms with Gasteiger partial charge in [-0.05, 0) is 6.42 Å². The minimum atomic E-state index is -0.427. The van der Waals surface area contributed by atoms with Crippen LogP contribution in [0.2, 0.25) is 0 Å². The molecular formula is C10H22O3. The third-order valence-corrected chi connectivity index (χ3v) is 2.43. The Labute approximate surface area is 80.7 Å². The first-order chi connectivity index (χ1) is 6.24. The van der Waals surface area contributed by atoms with Crippen LogP contribution in [0, 0.1) is 5.41 Å². The van der Waals surface area contributed by atoms with Gasteiger partial charge in [-0.1, -0.05) is 26.2 Å². The van der Waals surface area contributed by atoms with Gasteiger partial charge in [0.25, 0.3) is 0 Å². The Hall–Kier alpha value is -0.120. The Morgan fingerprint density at radius 1 is 1.15 bits per heavy atom. The SMILES string of the molecule is CCCCCC(CO)(CO)COC. The quantitative estimate of drug-likeness (QED) is 0.565. The van der Waals surface area contributed by atoms with Gasteiger partial charge in [-0.3, -0.25) is 0 Å². The molecule has 0 saturated heterocycles. The Kier molecular flexibility index (Phi) is 7.23. The molecule has 0 saturated carbocycles. The lowest BCUT2D eigenvalue weighted by molar-refractivity contribution is -0.0186. The summed E-state index contributed by atoms with van der Waals surface area (Å²) in [6.45, 7) is 2.57. The summed E-state index contributed by atoms with van der Waals surface area (Å²) in [5.41, 5.74) is -0.427. The Balaban J connectivity index is 3.89. The summed E-state index contributed by atoms with van der Waals surface area (Å²) in [7, 11) is 1.60. The fraction of sp³-hybridized carbons (Fsp3) is 1.00. The van der Waals surface area contributed by atoms with Crippen molar-refractivity contribution in [1.29, 1.82) is 0 Å². The summed E-state index contributed by atoms with van der Waals surface area (Å²) >= 11 is 0. The highest BCUT2D eigenvalue weighted by Gasteiger charge is 2.27. The molecule has 0 aromatic rings. The maximum Gasteiger partial charge on any atom is 0.0562 e. The van der Waals surface area contributed by atoms with Crippen molar-refractivity contribution in [1.82, 2.24) is 0 Å². The van der Waals surface area contributed by atoms with Crippen molar-refractivity contribution in [2.24, 2.45) is 5.41 Å². The molecule has 0 aliphatic carbocycles. The second-order valence-corrected chi connectivity index (χ2v) is 3.71. The number of ether oxygens (including phenoxy) is 1. The minimum absolute atomic E-state index is 0.00105. The Morgan fingerprint density at radius 2 is 1.77 bits per heavy atom. The molecule has 0 aromatic carbocycles. The normalized spacial score (nSPS) is 12.0. The van der Waals surface area contributed by atoms with Gasteiger partial charge >= 0.3 is 0 Å². The van der Waals surface area contributed by atoms with E-state index in [0.29, 0.717) is 6.61 Å². The third kappa shape index (κ3) is 4.60. The predicted octanol–water partition coefficient (Wildman–Crippen LogP) is 1.18. The zero-order valence-electron chi connectivity index (χ0n) is 8.75. The molecule has 0 bridgehead atoms. The van der Waals surface area contributed by atoms with Crippen molar-refractivity contribution in [2.75, 3.05) is 26.9 Å². The van der Waals surface area contributed by atoms with Crippen LogP contribution in [0.15, 0.2) is 0 Å². The number of rotatable bonds is 8. The number of hydrogen-bond acceptors (Lipinski definition) is 3. The molecule has 13 heavy (non-hydrogen) atoms. The molecule has 0 rings (SSSR count). The van der Waals surface area contributed by atoms with Crippen molar-refractivity contribution < 1.29 is 14.9 Å². The molecule has 0 fully saturated rings. The summed E-state index contributed by atoms with van der Waals surface area (Å²) in [5.74, 6) is 0. The van der Waals surface area contributed by atoms with Crippen molar-refractivity contribution in [3.05, 3.63) is 0 Å². The van der Waals surface area contributed by atoms with Crippen LogP contribution in [0.1, 0.15) is 32.6 Å². The molecule has 0 aliphatic rings. The number of unbranched alkanes of at least 4 members (excludes halogenated alkanes) is 2. The van der Waals surface area contributed by atoms with Gasteiger partial charge in [0.15, 0.2) is 0 Å². The molecule has 0 unspecified atom stereocenters. The lowest BCUT2D eigenvalue weighted by Gasteiger charge is -2.28. The first-order valence-corrected chi connectivity index (χ1v) is 4.95. The van der Waals surface area contributed by atoms with Crippen molar-refractivity contribution in [3.8, 4) is 0 Å². The monoisotopic (exact) mass is 190 g/mol. The van der Waals surface area contributed by atoms with Crippen LogP contribution >= 0.6 is 0 Å². The molecule has 0 amide bonds. The van der Waals surface area contributed by atoms with Gasteiger partial charge in [-0.2, -0.15) is 0 Å². The second kappa shape index (κ2) is 7.30. The van der Waals surface area contributed by atoms with Crippen LogP contribution in [0.25, 0.3) is 0 Å². The van der Waals surface area contributed by atoms with Gasteiger partial charge in [-0.25, -0.2) is 0 Å². The van der Waals surface area contributed by atoms with E-state index in [1.54, 1.807) is 7.11 Å². The summed E-state index contributed by atoms with van der Waals surface area (Å²) in [6, 6.07) is 0. The fourth-order valence-electron chi connectivity index (χ4n) is 1.43. The first kappa shape index (κ1) is 12.9. The number of aliphatic hydroxyl groups is 2. The summed E-state index contributed by atoms with van der Waals surface area (Å²) in [5, 5.41) is 18.3. The first-order valence-electron chi connectivity index (χ1n) is 4.95. The third-order valence-electron chi connectivity index (χ3n) is 2.43. The molecule has 0 aromatic heterocycles. The molecule has 0 atom stereocenters. The topological polar surface area (TPSA) is 49.7 Å². The lowest BCUT2D eigenvalue weighted by Crippen LogP contribution is -2.34. The zero-order valence-corrected chi connectivity index (χ0v) is 8.75. The van der Waals surface area contributed by atoms with E-state index >= 15 is 0 Å². The number of hydrogen-bond donors (Lipinski definition) is 2. The standard InChI is InChI=1S/C10H22O3/c1-3-4-5-6-10(7-11,8-12)9-13-2/h11-12H,3-9H2,1-2H3. The molecule has 0 heterocycles. The van der Waals surface area contributed by atoms with E-state index in [0.717, 1.165) is 25.7 Å². The van der Waals surface area contributed by atoms with Gasteiger partial charge in [0.05, 0.1) is 19.8 Å². The number of aliphatic hydroxyl groups excluding tert-OH is 2. The average molecular weight is 190 g/mol. The highest BCUT2D eigenvalue weighted by atomic mass is 16.5. The molecular weight excluding hydrogens is 168 g/mol. The maximum atomic E-state index is 9.17. The van der Waals surface area contributed by atoms with Crippen LogP contribution in [-0.2, 0) is 4.74 Å². The largest absolute Gasteiger partial charge is 0.396 e. The predicted molar refractivity (Wildman–Crippen MR) is 52.6 cm³/mol. The molecule has 3 nitrogen and oxygen atoms in total. The second-order valence-electron chi connectivity index (χ2n) is 3.71. The summed E-state index contributed by atoms with van der Waals surface area (Å²) < 4.78 is 5.00. The van der Waals surface area contributed by atoms with Crippen LogP contribution < -0.4 is 0 Å². The van der Waals surface area contributed by atoms with E-state index in [-0.39, 0.29) is 13.2 Å². The van der Waals surface area contributed by atoms with E-state index in [2.05, 4.69) is 6.92 Å². The van der Waals surface area contributed by atoms with Crippen LogP contribution in [-0.4, -0.2) is 37.1 Å². The number of methoxy groups -OCH3 is 1. The Bertz CT molecular complexity index is 111. The van der Waals surface area contributed by atoms with E-state index in [4.69, 9.17) is 14.9 Å². The van der Waals surface area contributed by atoms with Crippen molar-refractivity contribution >= 4 is 0 Å². The summed E-state index contributed by atoms with van der Waals surface area (Å²) in [4.78, 5) is 0. The van der Waals surface area contributed by atoms with Gasteiger partial charge in [0.2, 0.25) is 0 Å². The van der Waals surface area contributed by atoms with Crippen molar-refractivity contribution in [3.63, 3.8) is 0 Å². The van der Waals surface area contributed by atoms with E-state index < -0.39 is 5.41 Å². The van der Waals surface area contributed by atoms with Crippen LogP contribution in [0.4, 0.5) is 0 Å². The van der Waals surface area contributed by atoms with Crippen LogP contribution in [0.5, 0.6) is 0 Å². The van der Waals surface area contributed by atoms with E-state index in [1.807, 2.05) is 0 Å². The summed E-state index contributed by atoms with van der Waals surface area (Å²) in [6.07, 6.45) is 4.17. The molecule has 0 aliphatic heterocycles. The van der Waals surface area contributed by atoms with Gasteiger partial charge in [-0.15, -0.1) is 0 Å². The molecule has 80 valence electrons. The zero-order chi connectivity index (χ0) is 10.2. The average Bonchev–Trinajstić information content (AvgIpc) is 2.17. The van der Waals surface area contributed by atoms with Crippen LogP contribution in [0.3, 0.4) is 0 Å². The molecule has 2 N–H and O–H groups in total. The fourth-order valence-corrected chi connectivity index (χ4v) is 1.43. The molecule has 3 heteroatoms. The van der Waals surface area contributed by atoms with Gasteiger partial charge in [0.1, 0.15) is 0 Å². The maximum absolute atomic E-state index is 9.17. The Morgan fingerprint density at radius 3 is 2.15 bits per heavy atom. The smallest absolute Gasteiger partial charge is 0.0562 e. The molecule has 0 radical (unpaired) electrons. The highest BCUT2D eigenvalue weighted by molar-refractivity contribution is 4.77. The van der Waals surface area contributed by atoms with Crippen molar-refractivity contribution in [2.45, 2.75) is 32.6 Å². The van der Waals surface area contributed by atoms with Gasteiger partial charge < -0.3 is 14.9 Å². The minimum Gasteiger partial charge on any atom is -0.396 e. The van der Waals surface area contributed by atoms with E-state index in [1.165, 1.54) is 0 Å². The lowest BCUT2D eigenvalue weighted by atomic mass is 9.85. The van der Waals surface area contributed by atoms with Gasteiger partial charge in [0, 0.05) is 12.5 Å². The highest BCUT2D eigenvalue weighted by Crippen LogP contribution is 2.24. The molecule has 0 spiro atoms. The van der Waals surface area contributed by atoms with E-state index in [9.17, 15) is 0 Å².